The average Bonchev–Trinajstić information content (AvgIpc) is 3.18. The zero-order chi connectivity index (χ0) is 28.1. The Balaban J connectivity index is 1.56. The standard InChI is InChI=1S/C27H22ClF5N2O4/c1-26(10-38-11-26)12-39-17-8-19-22(23(35-25(19)37)18-7-15(29)2-3-20(18)28)21(9-17)34-24(36)13-4-14(27(31,32)33)6-16(30)5-13/h2-9,23,25,35,37H,10-12H2,1H3,(H,34,36). The molecule has 2 aliphatic heterocycles. The van der Waals surface area contributed by atoms with Crippen LogP contribution in [0, 0.1) is 17.0 Å². The zero-order valence-electron chi connectivity index (χ0n) is 20.3. The van der Waals surface area contributed by atoms with Gasteiger partial charge >= 0.3 is 6.18 Å². The lowest BCUT2D eigenvalue weighted by molar-refractivity contribution is -0.137. The molecule has 3 N–H and O–H groups in total. The maximum atomic E-state index is 14.1. The first-order valence-corrected chi connectivity index (χ1v) is 12.2. The Labute approximate surface area is 224 Å². The predicted octanol–water partition coefficient (Wildman–Crippen LogP) is 5.99. The van der Waals surface area contributed by atoms with Gasteiger partial charge < -0.3 is 19.9 Å². The summed E-state index contributed by atoms with van der Waals surface area (Å²) >= 11 is 6.32. The number of aliphatic hydroxyl groups excluding tert-OH is 1. The number of ether oxygens (including phenoxy) is 2. The van der Waals surface area contributed by atoms with Crippen LogP contribution in [0.15, 0.2) is 48.5 Å². The molecule has 2 heterocycles. The molecule has 3 aromatic carbocycles. The van der Waals surface area contributed by atoms with E-state index in [9.17, 15) is 31.9 Å². The third-order valence-electron chi connectivity index (χ3n) is 6.59. The molecule has 1 amide bonds. The van der Waals surface area contributed by atoms with Crippen molar-refractivity contribution in [3.05, 3.63) is 93.0 Å². The molecule has 3 aromatic rings. The van der Waals surface area contributed by atoms with Gasteiger partial charge in [0.25, 0.3) is 5.91 Å². The van der Waals surface area contributed by atoms with E-state index in [-0.39, 0.29) is 45.7 Å². The number of fused-ring (bicyclic) bond motifs is 1. The van der Waals surface area contributed by atoms with Crippen LogP contribution < -0.4 is 15.4 Å². The highest BCUT2D eigenvalue weighted by Crippen LogP contribution is 2.45. The van der Waals surface area contributed by atoms with Gasteiger partial charge in [-0.15, -0.1) is 0 Å². The second-order valence-electron chi connectivity index (χ2n) is 9.91. The van der Waals surface area contributed by atoms with Crippen LogP contribution in [0.5, 0.6) is 5.75 Å². The molecule has 6 nitrogen and oxygen atoms in total. The number of rotatable bonds is 6. The first-order valence-electron chi connectivity index (χ1n) is 11.8. The number of hydrogen-bond donors (Lipinski definition) is 3. The topological polar surface area (TPSA) is 79.8 Å². The van der Waals surface area contributed by atoms with Gasteiger partial charge in [-0.2, -0.15) is 13.2 Å². The molecule has 1 saturated heterocycles. The summed E-state index contributed by atoms with van der Waals surface area (Å²) in [5, 5.41) is 16.4. The van der Waals surface area contributed by atoms with E-state index < -0.39 is 47.1 Å². The zero-order valence-corrected chi connectivity index (χ0v) is 21.1. The first kappa shape index (κ1) is 27.3. The summed E-state index contributed by atoms with van der Waals surface area (Å²) in [5.74, 6) is -2.63. The Hall–Kier alpha value is -3.25. The summed E-state index contributed by atoms with van der Waals surface area (Å²) < 4.78 is 79.0. The predicted molar refractivity (Wildman–Crippen MR) is 132 cm³/mol. The largest absolute Gasteiger partial charge is 0.493 e. The fraction of sp³-hybridized carbons (Fsp3) is 0.296. The minimum absolute atomic E-state index is 0.0507. The number of alkyl halides is 3. The summed E-state index contributed by atoms with van der Waals surface area (Å²) in [5.41, 5.74) is -1.27. The van der Waals surface area contributed by atoms with E-state index in [2.05, 4.69) is 10.6 Å². The molecule has 39 heavy (non-hydrogen) atoms. The van der Waals surface area contributed by atoms with Crippen molar-refractivity contribution in [2.45, 2.75) is 25.4 Å². The SMILES string of the molecule is CC1(COc2cc(NC(=O)c3cc(F)cc(C(F)(F)F)c3)c3c(c2)C(O)NC3c2cc(F)ccc2Cl)COC1. The van der Waals surface area contributed by atoms with Crippen LogP contribution >= 0.6 is 11.6 Å². The summed E-state index contributed by atoms with van der Waals surface area (Å²) in [7, 11) is 0. The Morgan fingerprint density at radius 3 is 2.54 bits per heavy atom. The molecule has 0 saturated carbocycles. The molecule has 2 atom stereocenters. The maximum absolute atomic E-state index is 14.1. The third-order valence-corrected chi connectivity index (χ3v) is 6.93. The Morgan fingerprint density at radius 2 is 1.87 bits per heavy atom. The van der Waals surface area contributed by atoms with Crippen LogP contribution in [-0.2, 0) is 10.9 Å². The monoisotopic (exact) mass is 568 g/mol. The molecule has 12 heteroatoms. The minimum atomic E-state index is -4.87. The molecular weight excluding hydrogens is 547 g/mol. The van der Waals surface area contributed by atoms with Crippen molar-refractivity contribution >= 4 is 23.2 Å². The van der Waals surface area contributed by atoms with E-state index in [1.165, 1.54) is 12.1 Å². The molecule has 2 aliphatic rings. The van der Waals surface area contributed by atoms with E-state index in [1.54, 1.807) is 6.07 Å². The molecule has 0 radical (unpaired) electrons. The van der Waals surface area contributed by atoms with Gasteiger partial charge in [0.2, 0.25) is 0 Å². The van der Waals surface area contributed by atoms with Crippen molar-refractivity contribution in [1.82, 2.24) is 5.32 Å². The van der Waals surface area contributed by atoms with Gasteiger partial charge in [-0.3, -0.25) is 10.1 Å². The van der Waals surface area contributed by atoms with Gasteiger partial charge in [-0.1, -0.05) is 18.5 Å². The number of amides is 1. The van der Waals surface area contributed by atoms with Gasteiger partial charge in [0.05, 0.1) is 37.1 Å². The highest BCUT2D eigenvalue weighted by Gasteiger charge is 2.37. The lowest BCUT2D eigenvalue weighted by Crippen LogP contribution is -2.44. The number of halogens is 6. The molecular formula is C27H22ClF5N2O4. The molecule has 0 bridgehead atoms. The number of carbonyl (C=O) groups excluding carboxylic acids is 1. The fourth-order valence-corrected chi connectivity index (χ4v) is 4.79. The number of nitrogens with one attached hydrogen (secondary N) is 2. The summed E-state index contributed by atoms with van der Waals surface area (Å²) in [6, 6.07) is 7.23. The third kappa shape index (κ3) is 5.58. The van der Waals surface area contributed by atoms with E-state index in [0.717, 1.165) is 12.1 Å². The van der Waals surface area contributed by atoms with Gasteiger partial charge in [-0.25, -0.2) is 8.78 Å². The van der Waals surface area contributed by atoms with Crippen molar-refractivity contribution in [1.29, 1.82) is 0 Å². The maximum Gasteiger partial charge on any atom is 0.416 e. The highest BCUT2D eigenvalue weighted by atomic mass is 35.5. The van der Waals surface area contributed by atoms with E-state index >= 15 is 0 Å². The van der Waals surface area contributed by atoms with Crippen molar-refractivity contribution in [2.24, 2.45) is 5.41 Å². The van der Waals surface area contributed by atoms with Crippen LogP contribution in [0.3, 0.4) is 0 Å². The van der Waals surface area contributed by atoms with Gasteiger partial charge in [0, 0.05) is 33.2 Å². The second-order valence-corrected chi connectivity index (χ2v) is 10.3. The minimum Gasteiger partial charge on any atom is -0.493 e. The molecule has 5 rings (SSSR count). The molecule has 1 fully saturated rings. The van der Waals surface area contributed by atoms with E-state index in [1.807, 2.05) is 6.92 Å². The Bertz CT molecular complexity index is 1440. The highest BCUT2D eigenvalue weighted by molar-refractivity contribution is 6.31. The van der Waals surface area contributed by atoms with Crippen LogP contribution in [-0.4, -0.2) is 30.8 Å². The number of hydrogen-bond acceptors (Lipinski definition) is 5. The van der Waals surface area contributed by atoms with E-state index in [0.29, 0.717) is 30.9 Å². The lowest BCUT2D eigenvalue weighted by atomic mass is 9.90. The summed E-state index contributed by atoms with van der Waals surface area (Å²) in [6.45, 7) is 3.16. The normalized spacial score (nSPS) is 19.8. The average molecular weight is 569 g/mol. The smallest absolute Gasteiger partial charge is 0.416 e. The number of carbonyl (C=O) groups is 1. The lowest BCUT2D eigenvalue weighted by Gasteiger charge is -2.37. The van der Waals surface area contributed by atoms with Crippen LogP contribution in [0.4, 0.5) is 27.6 Å². The molecule has 0 aliphatic carbocycles. The molecule has 0 aromatic heterocycles. The van der Waals surface area contributed by atoms with Gasteiger partial charge in [0.1, 0.15) is 23.6 Å². The van der Waals surface area contributed by atoms with Crippen LogP contribution in [0.2, 0.25) is 5.02 Å². The number of benzene rings is 3. The molecule has 0 spiro atoms. The fourth-order valence-electron chi connectivity index (χ4n) is 4.57. The van der Waals surface area contributed by atoms with Crippen LogP contribution in [0.1, 0.15) is 51.8 Å². The Morgan fingerprint density at radius 1 is 1.13 bits per heavy atom. The van der Waals surface area contributed by atoms with Gasteiger partial charge in [-0.05, 0) is 48.0 Å². The van der Waals surface area contributed by atoms with Crippen molar-refractivity contribution in [3.8, 4) is 5.75 Å². The second kappa shape index (κ2) is 10.1. The quantitative estimate of drug-likeness (QED) is 0.319. The van der Waals surface area contributed by atoms with E-state index in [4.69, 9.17) is 21.1 Å². The number of aliphatic hydroxyl groups is 1. The first-order chi connectivity index (χ1) is 18.3. The van der Waals surface area contributed by atoms with Gasteiger partial charge in [0.15, 0.2) is 0 Å². The number of anilines is 1. The summed E-state index contributed by atoms with van der Waals surface area (Å²) in [4.78, 5) is 13.1. The Kier molecular flexibility index (Phi) is 7.04. The van der Waals surface area contributed by atoms with Crippen LogP contribution in [0.25, 0.3) is 0 Å². The van der Waals surface area contributed by atoms with Crippen molar-refractivity contribution in [3.63, 3.8) is 0 Å². The summed E-state index contributed by atoms with van der Waals surface area (Å²) in [6.07, 6.45) is -6.15. The molecule has 2 unspecified atom stereocenters. The molecule has 206 valence electrons. The van der Waals surface area contributed by atoms with Crippen molar-refractivity contribution < 1.29 is 41.3 Å². The van der Waals surface area contributed by atoms with Crippen molar-refractivity contribution in [2.75, 3.05) is 25.1 Å².